The minimum absolute atomic E-state index is 0.0141. The van der Waals surface area contributed by atoms with Crippen molar-refractivity contribution in [2.45, 2.75) is 32.2 Å². The maximum atomic E-state index is 12.8. The number of fused-ring (bicyclic) bond motifs is 4. The molecule has 0 aliphatic heterocycles. The van der Waals surface area contributed by atoms with Gasteiger partial charge < -0.3 is 24.1 Å². The zero-order valence-electron chi connectivity index (χ0n) is 23.5. The molecular formula is C31H30NO10P. The van der Waals surface area contributed by atoms with E-state index in [1.807, 2.05) is 48.5 Å². The molecule has 11 nitrogen and oxygen atoms in total. The van der Waals surface area contributed by atoms with Gasteiger partial charge in [-0.25, -0.2) is 18.9 Å². The van der Waals surface area contributed by atoms with Gasteiger partial charge in [0.2, 0.25) is 0 Å². The number of hydrogen-bond donors (Lipinski definition) is 2. The number of carboxylic acids is 1. The summed E-state index contributed by atoms with van der Waals surface area (Å²) < 4.78 is 39.3. The minimum Gasteiger partial charge on any atom is -0.480 e. The molecule has 1 aromatic heterocycles. The predicted molar refractivity (Wildman–Crippen MR) is 157 cm³/mol. The number of benzene rings is 3. The number of alkyl carbamates (subject to hydrolysis) is 1. The highest BCUT2D eigenvalue weighted by atomic mass is 31.2. The average Bonchev–Trinajstić information content (AvgIpc) is 3.29. The lowest BCUT2D eigenvalue weighted by Gasteiger charge is -2.18. The number of rotatable bonds is 12. The third-order valence-electron chi connectivity index (χ3n) is 6.95. The molecule has 5 rings (SSSR count). The molecule has 0 saturated heterocycles. The van der Waals surface area contributed by atoms with Crippen molar-refractivity contribution in [2.75, 3.05) is 19.8 Å². The van der Waals surface area contributed by atoms with Crippen molar-refractivity contribution in [3.05, 3.63) is 99.9 Å². The number of amides is 1. The Hall–Kier alpha value is -4.44. The molecule has 0 fully saturated rings. The number of carbonyl (C=O) groups excluding carboxylic acids is 1. The molecule has 12 heteroatoms. The molecular weight excluding hydrogens is 577 g/mol. The van der Waals surface area contributed by atoms with Crippen LogP contribution in [0, 0.1) is 0 Å². The molecule has 0 radical (unpaired) electrons. The van der Waals surface area contributed by atoms with Crippen LogP contribution in [-0.4, -0.2) is 43.0 Å². The molecule has 0 bridgehead atoms. The zero-order valence-corrected chi connectivity index (χ0v) is 24.4. The van der Waals surface area contributed by atoms with Crippen LogP contribution in [0.4, 0.5) is 4.79 Å². The van der Waals surface area contributed by atoms with Crippen LogP contribution in [0.25, 0.3) is 22.1 Å². The minimum atomic E-state index is -3.90. The summed E-state index contributed by atoms with van der Waals surface area (Å²) >= 11 is 0. The molecule has 3 aromatic carbocycles. The SMILES string of the molecule is CCOP(=O)(OCC)Oc1ccc2c(C[C@H](NC(=O)OCC3c4ccccc4-c4ccccc43)C(=O)O)cc(=O)oc2c1. The number of phosphoric acid groups is 1. The summed E-state index contributed by atoms with van der Waals surface area (Å²) in [5, 5.41) is 12.7. The van der Waals surface area contributed by atoms with Gasteiger partial charge in [-0.15, -0.1) is 0 Å². The maximum absolute atomic E-state index is 12.8. The van der Waals surface area contributed by atoms with Gasteiger partial charge in [0.05, 0.1) is 13.2 Å². The third-order valence-corrected chi connectivity index (χ3v) is 8.53. The molecule has 0 unspecified atom stereocenters. The van der Waals surface area contributed by atoms with E-state index in [1.165, 1.54) is 18.2 Å². The molecule has 43 heavy (non-hydrogen) atoms. The highest BCUT2D eigenvalue weighted by molar-refractivity contribution is 7.48. The number of phosphoric ester groups is 1. The van der Waals surface area contributed by atoms with E-state index in [0.29, 0.717) is 10.9 Å². The summed E-state index contributed by atoms with van der Waals surface area (Å²) in [5.41, 5.74) is 3.80. The number of hydrogen-bond acceptors (Lipinski definition) is 9. The lowest BCUT2D eigenvalue weighted by Crippen LogP contribution is -2.43. The van der Waals surface area contributed by atoms with Gasteiger partial charge in [-0.05, 0) is 53.8 Å². The van der Waals surface area contributed by atoms with E-state index in [2.05, 4.69) is 5.32 Å². The van der Waals surface area contributed by atoms with Crippen molar-refractivity contribution >= 4 is 30.9 Å². The van der Waals surface area contributed by atoms with Crippen molar-refractivity contribution in [1.29, 1.82) is 0 Å². The number of aliphatic carboxylic acids is 1. The van der Waals surface area contributed by atoms with E-state index in [4.69, 9.17) is 22.7 Å². The highest BCUT2D eigenvalue weighted by Gasteiger charge is 2.31. The van der Waals surface area contributed by atoms with Crippen molar-refractivity contribution in [3.63, 3.8) is 0 Å². The van der Waals surface area contributed by atoms with Crippen molar-refractivity contribution in [1.82, 2.24) is 5.32 Å². The summed E-state index contributed by atoms with van der Waals surface area (Å²) in [4.78, 5) is 37.3. The van der Waals surface area contributed by atoms with Gasteiger partial charge in [-0.3, -0.25) is 9.05 Å². The summed E-state index contributed by atoms with van der Waals surface area (Å²) in [6, 6.07) is 19.8. The Morgan fingerprint density at radius 3 is 2.19 bits per heavy atom. The summed E-state index contributed by atoms with van der Waals surface area (Å²) in [7, 11) is -3.90. The van der Waals surface area contributed by atoms with Crippen LogP contribution in [-0.2, 0) is 29.6 Å². The number of nitrogens with one attached hydrogen (secondary N) is 1. The van der Waals surface area contributed by atoms with Crippen molar-refractivity contribution in [3.8, 4) is 16.9 Å². The van der Waals surface area contributed by atoms with Crippen LogP contribution in [0.2, 0.25) is 0 Å². The lowest BCUT2D eigenvalue weighted by atomic mass is 9.98. The Morgan fingerprint density at radius 2 is 1.58 bits per heavy atom. The van der Waals surface area contributed by atoms with Crippen LogP contribution in [0.5, 0.6) is 5.75 Å². The van der Waals surface area contributed by atoms with E-state index in [9.17, 15) is 24.1 Å². The number of carbonyl (C=O) groups is 2. The molecule has 1 aliphatic carbocycles. The molecule has 2 N–H and O–H groups in total. The Kier molecular flexibility index (Phi) is 8.96. The first kappa shape index (κ1) is 30.0. The topological polar surface area (TPSA) is 151 Å². The van der Waals surface area contributed by atoms with Crippen LogP contribution in [0.15, 0.2) is 82.0 Å². The second kappa shape index (κ2) is 12.8. The predicted octanol–water partition coefficient (Wildman–Crippen LogP) is 5.89. The fraction of sp³-hybridized carbons (Fsp3) is 0.258. The van der Waals surface area contributed by atoms with Gasteiger partial charge in [0.25, 0.3) is 0 Å². The lowest BCUT2D eigenvalue weighted by molar-refractivity contribution is -0.139. The molecule has 0 spiro atoms. The van der Waals surface area contributed by atoms with Crippen molar-refractivity contribution in [2.24, 2.45) is 0 Å². The Morgan fingerprint density at radius 1 is 0.953 bits per heavy atom. The van der Waals surface area contributed by atoms with Crippen molar-refractivity contribution < 1.29 is 42.0 Å². The quantitative estimate of drug-likeness (QED) is 0.147. The second-order valence-electron chi connectivity index (χ2n) is 9.69. The smallest absolute Gasteiger partial charge is 0.480 e. The van der Waals surface area contributed by atoms with Crippen LogP contribution >= 0.6 is 7.82 Å². The van der Waals surface area contributed by atoms with Crippen LogP contribution in [0.3, 0.4) is 0 Å². The van der Waals surface area contributed by atoms with Crippen LogP contribution < -0.4 is 15.5 Å². The second-order valence-corrected chi connectivity index (χ2v) is 11.3. The van der Waals surface area contributed by atoms with Crippen LogP contribution in [0.1, 0.15) is 36.5 Å². The molecule has 1 heterocycles. The molecule has 1 amide bonds. The van der Waals surface area contributed by atoms with Gasteiger partial charge in [0, 0.05) is 29.9 Å². The Balaban J connectivity index is 1.31. The summed E-state index contributed by atoms with van der Waals surface area (Å²) in [5.74, 6) is -1.45. The first-order chi connectivity index (χ1) is 20.7. The van der Waals surface area contributed by atoms with Gasteiger partial charge >= 0.3 is 25.5 Å². The van der Waals surface area contributed by atoms with Gasteiger partial charge in [0.15, 0.2) is 0 Å². The monoisotopic (exact) mass is 607 g/mol. The van der Waals surface area contributed by atoms with E-state index < -0.39 is 31.6 Å². The van der Waals surface area contributed by atoms with E-state index >= 15 is 0 Å². The largest absolute Gasteiger partial charge is 0.530 e. The standard InChI is InChI=1S/C31H30NO10P/c1-3-39-43(37,40-4-2)42-20-13-14-21-19(16-29(33)41-28(21)17-20)15-27(30(34)35)32-31(36)38-18-26-24-11-7-5-9-22(24)23-10-6-8-12-25(23)26/h5-14,16-17,26-27H,3-4,15,18H2,1-2H3,(H,32,36)(H,34,35)/t27-/m0/s1. The first-order valence-electron chi connectivity index (χ1n) is 13.7. The summed E-state index contributed by atoms with van der Waals surface area (Å²) in [6.45, 7) is 3.45. The van der Waals surface area contributed by atoms with E-state index in [-0.39, 0.29) is 43.5 Å². The number of ether oxygens (including phenoxy) is 1. The molecule has 0 saturated carbocycles. The molecule has 224 valence electrons. The number of carboxylic acid groups (broad SMARTS) is 1. The van der Waals surface area contributed by atoms with E-state index in [1.54, 1.807) is 13.8 Å². The fourth-order valence-corrected chi connectivity index (χ4v) is 6.36. The zero-order chi connectivity index (χ0) is 30.6. The molecule has 1 atom stereocenters. The molecule has 4 aromatic rings. The van der Waals surface area contributed by atoms with E-state index in [0.717, 1.165) is 28.3 Å². The third kappa shape index (κ3) is 6.64. The van der Waals surface area contributed by atoms with Gasteiger partial charge in [-0.2, -0.15) is 0 Å². The molecule has 1 aliphatic rings. The highest BCUT2D eigenvalue weighted by Crippen LogP contribution is 2.49. The van der Waals surface area contributed by atoms with Gasteiger partial charge in [0.1, 0.15) is 24.0 Å². The maximum Gasteiger partial charge on any atom is 0.530 e. The van der Waals surface area contributed by atoms with Gasteiger partial charge in [-0.1, -0.05) is 48.5 Å². The first-order valence-corrected chi connectivity index (χ1v) is 15.2. The Bertz CT molecular complexity index is 1710. The summed E-state index contributed by atoms with van der Waals surface area (Å²) in [6.07, 6.45) is -1.14. The average molecular weight is 608 g/mol. The Labute approximate surface area is 247 Å². The normalized spacial score (nSPS) is 13.3. The fourth-order valence-electron chi connectivity index (χ4n) is 5.17.